The Morgan fingerprint density at radius 1 is 1.50 bits per heavy atom. The lowest BCUT2D eigenvalue weighted by atomic mass is 10.1. The van der Waals surface area contributed by atoms with E-state index in [1.54, 1.807) is 0 Å². The van der Waals surface area contributed by atoms with E-state index in [0.717, 1.165) is 24.3 Å². The lowest BCUT2D eigenvalue weighted by molar-refractivity contribution is -0.138. The standard InChI is InChI=1S/C13H17NO4/c14-12(13(15)16)7-9-1-3-10(4-2-9)18-11-5-6-17-8-11/h1-4,11-12H,5-8,14H2,(H,15,16). The fourth-order valence-electron chi connectivity index (χ4n) is 1.84. The van der Waals surface area contributed by atoms with Gasteiger partial charge in [0.05, 0.1) is 13.2 Å². The summed E-state index contributed by atoms with van der Waals surface area (Å²) in [5, 5.41) is 8.72. The summed E-state index contributed by atoms with van der Waals surface area (Å²) in [4.78, 5) is 10.6. The van der Waals surface area contributed by atoms with Gasteiger partial charge in [0.2, 0.25) is 0 Å². The summed E-state index contributed by atoms with van der Waals surface area (Å²) >= 11 is 0. The molecule has 1 aromatic carbocycles. The summed E-state index contributed by atoms with van der Waals surface area (Å²) < 4.78 is 10.9. The zero-order chi connectivity index (χ0) is 13.0. The molecule has 0 aliphatic carbocycles. The number of benzene rings is 1. The fraction of sp³-hybridized carbons (Fsp3) is 0.462. The van der Waals surface area contributed by atoms with Crippen molar-refractivity contribution in [2.45, 2.75) is 25.0 Å². The van der Waals surface area contributed by atoms with Gasteiger partial charge in [-0.15, -0.1) is 0 Å². The smallest absolute Gasteiger partial charge is 0.320 e. The van der Waals surface area contributed by atoms with Crippen LogP contribution in [0.3, 0.4) is 0 Å². The first-order valence-electron chi connectivity index (χ1n) is 5.97. The van der Waals surface area contributed by atoms with Crippen LogP contribution in [0.1, 0.15) is 12.0 Å². The van der Waals surface area contributed by atoms with Crippen LogP contribution in [0.4, 0.5) is 0 Å². The predicted octanol–water partition coefficient (Wildman–Crippen LogP) is 0.809. The molecule has 1 heterocycles. The summed E-state index contributed by atoms with van der Waals surface area (Å²) in [5.41, 5.74) is 6.36. The number of hydrogen-bond donors (Lipinski definition) is 2. The van der Waals surface area contributed by atoms with E-state index < -0.39 is 12.0 Å². The summed E-state index contributed by atoms with van der Waals surface area (Å²) in [6.07, 6.45) is 1.35. The minimum absolute atomic E-state index is 0.122. The average molecular weight is 251 g/mol. The minimum atomic E-state index is -0.988. The van der Waals surface area contributed by atoms with Crippen molar-refractivity contribution in [3.63, 3.8) is 0 Å². The Labute approximate surface area is 106 Å². The van der Waals surface area contributed by atoms with E-state index in [1.807, 2.05) is 24.3 Å². The molecule has 2 atom stereocenters. The second-order valence-electron chi connectivity index (χ2n) is 4.40. The van der Waals surface area contributed by atoms with Crippen LogP contribution in [-0.2, 0) is 16.0 Å². The third-order valence-corrected chi connectivity index (χ3v) is 2.89. The lowest BCUT2D eigenvalue weighted by Gasteiger charge is -2.12. The van der Waals surface area contributed by atoms with Gasteiger partial charge in [-0.1, -0.05) is 12.1 Å². The topological polar surface area (TPSA) is 81.8 Å². The van der Waals surface area contributed by atoms with Gasteiger partial charge in [-0.3, -0.25) is 4.79 Å². The molecule has 18 heavy (non-hydrogen) atoms. The molecule has 3 N–H and O–H groups in total. The Balaban J connectivity index is 1.90. The molecule has 1 aliphatic rings. The third-order valence-electron chi connectivity index (χ3n) is 2.89. The van der Waals surface area contributed by atoms with Crippen molar-refractivity contribution in [2.24, 2.45) is 5.73 Å². The Bertz CT molecular complexity index is 398. The average Bonchev–Trinajstić information content (AvgIpc) is 2.84. The normalized spacial score (nSPS) is 20.6. The van der Waals surface area contributed by atoms with Crippen molar-refractivity contribution in [2.75, 3.05) is 13.2 Å². The highest BCUT2D eigenvalue weighted by Gasteiger charge is 2.17. The van der Waals surface area contributed by atoms with Crippen LogP contribution in [0.5, 0.6) is 5.75 Å². The molecule has 0 spiro atoms. The molecule has 5 nitrogen and oxygen atoms in total. The summed E-state index contributed by atoms with van der Waals surface area (Å²) in [5.74, 6) is -0.212. The molecular formula is C13H17NO4. The van der Waals surface area contributed by atoms with Crippen LogP contribution in [0.25, 0.3) is 0 Å². The summed E-state index contributed by atoms with van der Waals surface area (Å²) in [6, 6.07) is 6.49. The van der Waals surface area contributed by atoms with E-state index in [0.29, 0.717) is 13.0 Å². The van der Waals surface area contributed by atoms with Crippen LogP contribution in [0.2, 0.25) is 0 Å². The monoisotopic (exact) mass is 251 g/mol. The first-order valence-corrected chi connectivity index (χ1v) is 5.97. The Kier molecular flexibility index (Phi) is 4.17. The van der Waals surface area contributed by atoms with Gasteiger partial charge in [0, 0.05) is 6.42 Å². The highest BCUT2D eigenvalue weighted by atomic mass is 16.5. The number of aliphatic carboxylic acids is 1. The van der Waals surface area contributed by atoms with Crippen LogP contribution in [0.15, 0.2) is 24.3 Å². The van der Waals surface area contributed by atoms with Gasteiger partial charge in [-0.05, 0) is 24.1 Å². The molecule has 1 saturated heterocycles. The second-order valence-corrected chi connectivity index (χ2v) is 4.40. The Hall–Kier alpha value is -1.59. The first-order chi connectivity index (χ1) is 8.65. The highest BCUT2D eigenvalue weighted by molar-refractivity contribution is 5.73. The molecule has 2 unspecified atom stereocenters. The number of hydrogen-bond acceptors (Lipinski definition) is 4. The number of nitrogens with two attached hydrogens (primary N) is 1. The number of ether oxygens (including phenoxy) is 2. The van der Waals surface area contributed by atoms with Crippen LogP contribution in [-0.4, -0.2) is 36.4 Å². The quantitative estimate of drug-likeness (QED) is 0.809. The van der Waals surface area contributed by atoms with Gasteiger partial charge in [0.1, 0.15) is 17.9 Å². The SMILES string of the molecule is NC(Cc1ccc(OC2CCOC2)cc1)C(=O)O. The van der Waals surface area contributed by atoms with E-state index in [1.165, 1.54) is 0 Å². The van der Waals surface area contributed by atoms with E-state index >= 15 is 0 Å². The number of carboxylic acids is 1. The first kappa shape index (κ1) is 12.9. The lowest BCUT2D eigenvalue weighted by Crippen LogP contribution is -2.32. The van der Waals surface area contributed by atoms with Gasteiger partial charge >= 0.3 is 5.97 Å². The van der Waals surface area contributed by atoms with Crippen molar-refractivity contribution in [1.29, 1.82) is 0 Å². The summed E-state index contributed by atoms with van der Waals surface area (Å²) in [7, 11) is 0. The summed E-state index contributed by atoms with van der Waals surface area (Å²) in [6.45, 7) is 1.38. The molecule has 1 aliphatic heterocycles. The van der Waals surface area contributed by atoms with Gasteiger partial charge < -0.3 is 20.3 Å². The van der Waals surface area contributed by atoms with Crippen molar-refractivity contribution in [3.8, 4) is 5.75 Å². The Morgan fingerprint density at radius 3 is 2.78 bits per heavy atom. The molecular weight excluding hydrogens is 234 g/mol. The third kappa shape index (κ3) is 3.45. The molecule has 2 rings (SSSR count). The maximum absolute atomic E-state index is 10.6. The molecule has 1 aromatic rings. The van der Waals surface area contributed by atoms with Gasteiger partial charge in [-0.25, -0.2) is 0 Å². The van der Waals surface area contributed by atoms with Crippen molar-refractivity contribution >= 4 is 5.97 Å². The molecule has 0 amide bonds. The Morgan fingerprint density at radius 2 is 2.22 bits per heavy atom. The van der Waals surface area contributed by atoms with Crippen molar-refractivity contribution in [3.05, 3.63) is 29.8 Å². The van der Waals surface area contributed by atoms with Gasteiger partial charge in [0.25, 0.3) is 0 Å². The molecule has 0 radical (unpaired) electrons. The zero-order valence-electron chi connectivity index (χ0n) is 10.0. The van der Waals surface area contributed by atoms with E-state index in [9.17, 15) is 4.79 Å². The highest BCUT2D eigenvalue weighted by Crippen LogP contribution is 2.18. The van der Waals surface area contributed by atoms with E-state index in [-0.39, 0.29) is 6.10 Å². The van der Waals surface area contributed by atoms with Crippen LogP contribution < -0.4 is 10.5 Å². The second kappa shape index (κ2) is 5.84. The maximum Gasteiger partial charge on any atom is 0.320 e. The number of carboxylic acid groups (broad SMARTS) is 1. The fourth-order valence-corrected chi connectivity index (χ4v) is 1.84. The van der Waals surface area contributed by atoms with Crippen molar-refractivity contribution in [1.82, 2.24) is 0 Å². The van der Waals surface area contributed by atoms with Gasteiger partial charge in [0.15, 0.2) is 0 Å². The van der Waals surface area contributed by atoms with E-state index in [4.69, 9.17) is 20.3 Å². The van der Waals surface area contributed by atoms with E-state index in [2.05, 4.69) is 0 Å². The largest absolute Gasteiger partial charge is 0.488 e. The minimum Gasteiger partial charge on any atom is -0.488 e. The van der Waals surface area contributed by atoms with Crippen LogP contribution >= 0.6 is 0 Å². The number of carbonyl (C=O) groups is 1. The number of rotatable bonds is 5. The maximum atomic E-state index is 10.6. The molecule has 0 bridgehead atoms. The predicted molar refractivity (Wildman–Crippen MR) is 65.6 cm³/mol. The molecule has 5 heteroatoms. The molecule has 1 fully saturated rings. The molecule has 0 saturated carbocycles. The van der Waals surface area contributed by atoms with Crippen molar-refractivity contribution < 1.29 is 19.4 Å². The zero-order valence-corrected chi connectivity index (χ0v) is 10.0. The van der Waals surface area contributed by atoms with Gasteiger partial charge in [-0.2, -0.15) is 0 Å². The van der Waals surface area contributed by atoms with Crippen LogP contribution in [0, 0.1) is 0 Å². The molecule has 0 aromatic heterocycles. The molecule has 98 valence electrons.